The van der Waals surface area contributed by atoms with Crippen LogP contribution in [0.1, 0.15) is 5.56 Å². The number of rotatable bonds is 4. The molecule has 0 aliphatic rings. The Morgan fingerprint density at radius 2 is 1.83 bits per heavy atom. The van der Waals surface area contributed by atoms with E-state index in [2.05, 4.69) is 5.32 Å². The first-order valence-corrected chi connectivity index (χ1v) is 7.96. The Hall–Kier alpha value is -2.10. The smallest absolute Gasteiger partial charge is 0.286 e. The van der Waals surface area contributed by atoms with E-state index in [1.807, 2.05) is 53.4 Å². The van der Waals surface area contributed by atoms with Gasteiger partial charge in [0.05, 0.1) is 0 Å². The molecule has 0 aliphatic carbocycles. The van der Waals surface area contributed by atoms with Crippen LogP contribution >= 0.6 is 23.2 Å². The molecule has 2 aromatic carbocycles. The molecule has 0 bridgehead atoms. The minimum Gasteiger partial charge on any atom is -0.346 e. The van der Waals surface area contributed by atoms with E-state index < -0.39 is 0 Å². The van der Waals surface area contributed by atoms with E-state index in [9.17, 15) is 4.79 Å². The van der Waals surface area contributed by atoms with Gasteiger partial charge in [0.25, 0.3) is 5.91 Å². The molecule has 116 valence electrons. The molecule has 0 fully saturated rings. The molecule has 1 amide bonds. The van der Waals surface area contributed by atoms with Crippen LogP contribution in [0.2, 0.25) is 10.0 Å². The van der Waals surface area contributed by atoms with Crippen LogP contribution in [-0.2, 0) is 17.9 Å². The number of benzene rings is 2. The first-order chi connectivity index (χ1) is 11.1. The SMILES string of the molecule is O=C(C[n+]1ccc2ccccc2c1)NCc1ccc(Cl)cc1Cl. The molecule has 0 spiro atoms. The average Bonchev–Trinajstić information content (AvgIpc) is 2.54. The summed E-state index contributed by atoms with van der Waals surface area (Å²) in [6.07, 6.45) is 3.86. The number of amides is 1. The minimum absolute atomic E-state index is 0.0729. The van der Waals surface area contributed by atoms with Crippen LogP contribution in [0.3, 0.4) is 0 Å². The van der Waals surface area contributed by atoms with Crippen molar-refractivity contribution in [1.82, 2.24) is 5.32 Å². The van der Waals surface area contributed by atoms with E-state index in [0.717, 1.165) is 16.3 Å². The lowest BCUT2D eigenvalue weighted by Crippen LogP contribution is -2.42. The molecule has 1 heterocycles. The molecule has 0 unspecified atom stereocenters. The highest BCUT2D eigenvalue weighted by molar-refractivity contribution is 6.35. The van der Waals surface area contributed by atoms with Crippen molar-refractivity contribution in [2.75, 3.05) is 0 Å². The highest BCUT2D eigenvalue weighted by Crippen LogP contribution is 2.20. The van der Waals surface area contributed by atoms with E-state index >= 15 is 0 Å². The van der Waals surface area contributed by atoms with Crippen LogP contribution in [0.5, 0.6) is 0 Å². The Morgan fingerprint density at radius 3 is 2.61 bits per heavy atom. The summed E-state index contributed by atoms with van der Waals surface area (Å²) >= 11 is 12.0. The first-order valence-electron chi connectivity index (χ1n) is 7.20. The molecule has 1 N–H and O–H groups in total. The largest absolute Gasteiger partial charge is 0.346 e. The van der Waals surface area contributed by atoms with Crippen molar-refractivity contribution in [2.24, 2.45) is 0 Å². The summed E-state index contributed by atoms with van der Waals surface area (Å²) in [7, 11) is 0. The van der Waals surface area contributed by atoms with Gasteiger partial charge in [0, 0.05) is 28.0 Å². The van der Waals surface area contributed by atoms with Crippen molar-refractivity contribution in [3.8, 4) is 0 Å². The van der Waals surface area contributed by atoms with Gasteiger partial charge in [0.15, 0.2) is 12.4 Å². The molecule has 23 heavy (non-hydrogen) atoms. The number of nitrogens with one attached hydrogen (secondary N) is 1. The Bertz CT molecular complexity index is 865. The quantitative estimate of drug-likeness (QED) is 0.717. The van der Waals surface area contributed by atoms with Gasteiger partial charge in [-0.3, -0.25) is 4.79 Å². The number of aromatic nitrogens is 1. The number of carbonyl (C=O) groups excluding carboxylic acids is 1. The topological polar surface area (TPSA) is 33.0 Å². The van der Waals surface area contributed by atoms with Gasteiger partial charge < -0.3 is 5.32 Å². The number of halogens is 2. The maximum atomic E-state index is 12.1. The Balaban J connectivity index is 1.64. The lowest BCUT2D eigenvalue weighted by Gasteiger charge is -2.06. The third-order valence-corrected chi connectivity index (χ3v) is 4.15. The molecule has 0 aliphatic heterocycles. The highest BCUT2D eigenvalue weighted by atomic mass is 35.5. The van der Waals surface area contributed by atoms with Crippen molar-refractivity contribution in [3.05, 3.63) is 76.5 Å². The predicted octanol–water partition coefficient (Wildman–Crippen LogP) is 3.75. The van der Waals surface area contributed by atoms with Crippen LogP contribution < -0.4 is 9.88 Å². The second kappa shape index (κ2) is 6.99. The summed E-state index contributed by atoms with van der Waals surface area (Å²) in [6.45, 7) is 0.638. The number of hydrogen-bond donors (Lipinski definition) is 1. The van der Waals surface area contributed by atoms with Crippen LogP contribution in [0.15, 0.2) is 60.9 Å². The van der Waals surface area contributed by atoms with Gasteiger partial charge in [-0.2, -0.15) is 4.57 Å². The van der Waals surface area contributed by atoms with Gasteiger partial charge in [-0.05, 0) is 29.1 Å². The molecule has 5 heteroatoms. The molecular formula is C18H15Cl2N2O+. The maximum Gasteiger partial charge on any atom is 0.286 e. The van der Waals surface area contributed by atoms with Crippen molar-refractivity contribution >= 4 is 39.9 Å². The zero-order chi connectivity index (χ0) is 16.2. The van der Waals surface area contributed by atoms with E-state index in [1.54, 1.807) is 12.1 Å². The summed E-state index contributed by atoms with van der Waals surface area (Å²) in [5.74, 6) is -0.0729. The van der Waals surface area contributed by atoms with Gasteiger partial charge in [0.1, 0.15) is 0 Å². The van der Waals surface area contributed by atoms with E-state index in [1.165, 1.54) is 0 Å². The van der Waals surface area contributed by atoms with Gasteiger partial charge in [-0.25, -0.2) is 0 Å². The molecule has 3 aromatic rings. The van der Waals surface area contributed by atoms with E-state index in [-0.39, 0.29) is 12.5 Å². The number of nitrogens with zero attached hydrogens (tertiary/aromatic N) is 1. The molecule has 3 rings (SSSR count). The van der Waals surface area contributed by atoms with E-state index in [4.69, 9.17) is 23.2 Å². The third kappa shape index (κ3) is 4.01. The molecular weight excluding hydrogens is 331 g/mol. The number of fused-ring (bicyclic) bond motifs is 1. The van der Waals surface area contributed by atoms with Crippen molar-refractivity contribution in [2.45, 2.75) is 13.1 Å². The normalized spacial score (nSPS) is 10.7. The monoisotopic (exact) mass is 345 g/mol. The molecule has 0 atom stereocenters. The summed E-state index contributed by atoms with van der Waals surface area (Å²) in [5.41, 5.74) is 0.841. The lowest BCUT2D eigenvalue weighted by molar-refractivity contribution is -0.683. The number of carbonyl (C=O) groups is 1. The fourth-order valence-electron chi connectivity index (χ4n) is 2.36. The number of pyridine rings is 1. The summed E-state index contributed by atoms with van der Waals surface area (Å²) in [6, 6.07) is 15.3. The van der Waals surface area contributed by atoms with E-state index in [0.29, 0.717) is 16.6 Å². The maximum absolute atomic E-state index is 12.1. The van der Waals surface area contributed by atoms with Gasteiger partial charge in [0.2, 0.25) is 6.54 Å². The Morgan fingerprint density at radius 1 is 1.04 bits per heavy atom. The predicted molar refractivity (Wildman–Crippen MR) is 92.5 cm³/mol. The molecule has 0 saturated heterocycles. The summed E-state index contributed by atoms with van der Waals surface area (Å²) < 4.78 is 1.86. The second-order valence-corrected chi connectivity index (χ2v) is 6.10. The van der Waals surface area contributed by atoms with Crippen molar-refractivity contribution < 1.29 is 9.36 Å². The zero-order valence-electron chi connectivity index (χ0n) is 12.3. The number of hydrogen-bond acceptors (Lipinski definition) is 1. The highest BCUT2D eigenvalue weighted by Gasteiger charge is 2.10. The Labute approximate surface area is 144 Å². The van der Waals surface area contributed by atoms with Gasteiger partial charge in [-0.1, -0.05) is 47.5 Å². The molecule has 0 radical (unpaired) electrons. The van der Waals surface area contributed by atoms with Crippen molar-refractivity contribution in [1.29, 1.82) is 0 Å². The lowest BCUT2D eigenvalue weighted by atomic mass is 10.2. The van der Waals surface area contributed by atoms with Crippen molar-refractivity contribution in [3.63, 3.8) is 0 Å². The first kappa shape index (κ1) is 15.8. The fourth-order valence-corrected chi connectivity index (χ4v) is 2.83. The van der Waals surface area contributed by atoms with Crippen LogP contribution in [0, 0.1) is 0 Å². The standard InChI is InChI=1S/C18H14Cl2N2O/c19-16-6-5-14(17(20)9-16)10-21-18(23)12-22-8-7-13-3-1-2-4-15(13)11-22/h1-9,11H,10,12H2/p+1. The third-order valence-electron chi connectivity index (χ3n) is 3.56. The summed E-state index contributed by atoms with van der Waals surface area (Å²) in [5, 5.41) is 6.25. The van der Waals surface area contributed by atoms with Crippen LogP contribution in [0.25, 0.3) is 10.8 Å². The Kier molecular flexibility index (Phi) is 4.79. The van der Waals surface area contributed by atoms with Crippen LogP contribution in [-0.4, -0.2) is 5.91 Å². The molecule has 0 saturated carbocycles. The molecule has 1 aromatic heterocycles. The molecule has 3 nitrogen and oxygen atoms in total. The fraction of sp³-hybridized carbons (Fsp3) is 0.111. The average molecular weight is 346 g/mol. The zero-order valence-corrected chi connectivity index (χ0v) is 13.8. The van der Waals surface area contributed by atoms with Gasteiger partial charge >= 0.3 is 0 Å². The minimum atomic E-state index is -0.0729. The summed E-state index contributed by atoms with van der Waals surface area (Å²) in [4.78, 5) is 12.1. The van der Waals surface area contributed by atoms with Crippen LogP contribution in [0.4, 0.5) is 0 Å². The van der Waals surface area contributed by atoms with Gasteiger partial charge in [-0.15, -0.1) is 0 Å². The second-order valence-electron chi connectivity index (χ2n) is 5.26.